The van der Waals surface area contributed by atoms with Crippen LogP contribution in [0.25, 0.3) is 0 Å². The van der Waals surface area contributed by atoms with Crippen LogP contribution in [0.1, 0.15) is 44.7 Å². The zero-order valence-electron chi connectivity index (χ0n) is 15.1. The Kier molecular flexibility index (Phi) is 7.89. The molecule has 0 heterocycles. The summed E-state index contributed by atoms with van der Waals surface area (Å²) in [6.07, 6.45) is 1.42. The van der Waals surface area contributed by atoms with Crippen LogP contribution in [0.5, 0.6) is 5.75 Å². The monoisotopic (exact) mass is 321 g/mol. The van der Waals surface area contributed by atoms with Gasteiger partial charge < -0.3 is 20.5 Å². The maximum absolute atomic E-state index is 10.4. The number of aliphatic hydroxyl groups is 1. The molecule has 0 saturated carbocycles. The van der Waals surface area contributed by atoms with Crippen LogP contribution in [0.4, 0.5) is 0 Å². The largest absolute Gasteiger partial charge is 0.496 e. The van der Waals surface area contributed by atoms with E-state index in [1.165, 1.54) is 0 Å². The minimum atomic E-state index is -0.697. The fourth-order valence-corrected chi connectivity index (χ4v) is 2.24. The summed E-state index contributed by atoms with van der Waals surface area (Å²) in [4.78, 5) is 4.60. The predicted octanol–water partition coefficient (Wildman–Crippen LogP) is 2.61. The predicted molar refractivity (Wildman–Crippen MR) is 96.1 cm³/mol. The number of nitrogens with zero attached hydrogens (tertiary/aromatic N) is 1. The number of rotatable bonds is 8. The molecule has 23 heavy (non-hydrogen) atoms. The first-order valence-electron chi connectivity index (χ1n) is 8.36. The number of benzene rings is 1. The molecule has 0 spiro atoms. The average molecular weight is 321 g/mol. The summed E-state index contributed by atoms with van der Waals surface area (Å²) in [5, 5.41) is 16.8. The van der Waals surface area contributed by atoms with Crippen molar-refractivity contribution >= 4 is 5.96 Å². The average Bonchev–Trinajstić information content (AvgIpc) is 2.57. The molecule has 3 N–H and O–H groups in total. The lowest BCUT2D eigenvalue weighted by Gasteiger charge is -2.26. The molecule has 0 atom stereocenters. The lowest BCUT2D eigenvalue weighted by atomic mass is 9.98. The molecule has 0 aliphatic rings. The highest BCUT2D eigenvalue weighted by atomic mass is 16.5. The molecule has 0 bridgehead atoms. The molecular formula is C18H31N3O2. The lowest BCUT2D eigenvalue weighted by Crippen LogP contribution is -2.46. The third-order valence-electron chi connectivity index (χ3n) is 4.10. The molecule has 5 nitrogen and oxygen atoms in total. The second kappa shape index (κ2) is 9.40. The quantitative estimate of drug-likeness (QED) is 0.509. The fourth-order valence-electron chi connectivity index (χ4n) is 2.24. The number of ether oxygens (including phenoxy) is 1. The molecule has 0 aliphatic heterocycles. The Morgan fingerprint density at radius 3 is 2.48 bits per heavy atom. The number of aryl methyl sites for hydroxylation is 1. The van der Waals surface area contributed by atoms with Crippen LogP contribution in [-0.4, -0.2) is 36.9 Å². The summed E-state index contributed by atoms with van der Waals surface area (Å²) >= 11 is 0. The Hall–Kier alpha value is -1.75. The molecule has 0 amide bonds. The summed E-state index contributed by atoms with van der Waals surface area (Å²) in [5.41, 5.74) is 1.50. The van der Waals surface area contributed by atoms with E-state index >= 15 is 0 Å². The van der Waals surface area contributed by atoms with Gasteiger partial charge in [-0.15, -0.1) is 0 Å². The molecule has 0 fully saturated rings. The van der Waals surface area contributed by atoms with Gasteiger partial charge in [-0.25, -0.2) is 4.99 Å². The third-order valence-corrected chi connectivity index (χ3v) is 4.10. The van der Waals surface area contributed by atoms with Gasteiger partial charge in [0, 0.05) is 18.7 Å². The normalized spacial score (nSPS) is 12.2. The van der Waals surface area contributed by atoms with Crippen molar-refractivity contribution in [3.63, 3.8) is 0 Å². The number of hydrogen-bond acceptors (Lipinski definition) is 3. The summed E-state index contributed by atoms with van der Waals surface area (Å²) < 4.78 is 5.42. The second-order valence-electron chi connectivity index (χ2n) is 5.80. The molecule has 1 aromatic carbocycles. The number of nitrogens with one attached hydrogen (secondary N) is 2. The first kappa shape index (κ1) is 19.3. The molecule has 0 aliphatic carbocycles. The Labute approximate surface area is 140 Å². The van der Waals surface area contributed by atoms with Gasteiger partial charge in [0.05, 0.1) is 19.3 Å². The van der Waals surface area contributed by atoms with Crippen molar-refractivity contribution in [1.29, 1.82) is 0 Å². The van der Waals surface area contributed by atoms with Gasteiger partial charge >= 0.3 is 0 Å². The topological polar surface area (TPSA) is 65.9 Å². The molecule has 1 aromatic rings. The van der Waals surface area contributed by atoms with Gasteiger partial charge in [0.25, 0.3) is 0 Å². The molecule has 1 rings (SSSR count). The zero-order valence-corrected chi connectivity index (χ0v) is 15.1. The van der Waals surface area contributed by atoms with Crippen LogP contribution >= 0.6 is 0 Å². The summed E-state index contributed by atoms with van der Waals surface area (Å²) in [7, 11) is 1.67. The number of hydrogen-bond donors (Lipinski definition) is 3. The number of guanidine groups is 1. The first-order valence-corrected chi connectivity index (χ1v) is 8.36. The molecule has 0 radical (unpaired) electrons. The second-order valence-corrected chi connectivity index (χ2v) is 5.80. The van der Waals surface area contributed by atoms with Crippen LogP contribution in [0, 0.1) is 6.92 Å². The van der Waals surface area contributed by atoms with E-state index in [1.807, 2.05) is 39.8 Å². The lowest BCUT2D eigenvalue weighted by molar-refractivity contribution is 0.0367. The van der Waals surface area contributed by atoms with Gasteiger partial charge in [-0.2, -0.15) is 0 Å². The zero-order chi connectivity index (χ0) is 17.3. The van der Waals surface area contributed by atoms with Crippen molar-refractivity contribution in [3.8, 4) is 5.75 Å². The summed E-state index contributed by atoms with van der Waals surface area (Å²) in [5.74, 6) is 1.55. The Bertz CT molecular complexity index is 511. The Morgan fingerprint density at radius 2 is 1.91 bits per heavy atom. The minimum absolute atomic E-state index is 0.483. The number of methoxy groups -OCH3 is 1. The minimum Gasteiger partial charge on any atom is -0.496 e. The standard InChI is InChI=1S/C18H31N3O2/c1-6-18(22,7-2)13-21-17(19-8-3)20-12-15-10-9-14(4)11-16(15)23-5/h9-11,22H,6-8,12-13H2,1-5H3,(H2,19,20,21). The highest BCUT2D eigenvalue weighted by Gasteiger charge is 2.22. The van der Waals surface area contributed by atoms with E-state index in [-0.39, 0.29) is 0 Å². The van der Waals surface area contributed by atoms with E-state index in [0.29, 0.717) is 31.9 Å². The van der Waals surface area contributed by atoms with Crippen molar-refractivity contribution in [2.45, 2.75) is 52.7 Å². The highest BCUT2D eigenvalue weighted by Crippen LogP contribution is 2.20. The van der Waals surface area contributed by atoms with Crippen LogP contribution < -0.4 is 15.4 Å². The smallest absolute Gasteiger partial charge is 0.191 e. The molecular weight excluding hydrogens is 290 g/mol. The van der Waals surface area contributed by atoms with E-state index in [9.17, 15) is 5.11 Å². The molecule has 5 heteroatoms. The Morgan fingerprint density at radius 1 is 1.22 bits per heavy atom. The highest BCUT2D eigenvalue weighted by molar-refractivity contribution is 5.79. The first-order chi connectivity index (χ1) is 11.0. The van der Waals surface area contributed by atoms with Gasteiger partial charge in [0.15, 0.2) is 5.96 Å². The van der Waals surface area contributed by atoms with Gasteiger partial charge in [-0.3, -0.25) is 0 Å². The SMILES string of the molecule is CCNC(=NCc1ccc(C)cc1OC)NCC(O)(CC)CC. The molecule has 0 saturated heterocycles. The van der Waals surface area contributed by atoms with Gasteiger partial charge in [0.2, 0.25) is 0 Å². The van der Waals surface area contributed by atoms with Crippen LogP contribution in [0.2, 0.25) is 0 Å². The maximum atomic E-state index is 10.4. The fraction of sp³-hybridized carbons (Fsp3) is 0.611. The van der Waals surface area contributed by atoms with Crippen molar-refractivity contribution in [2.24, 2.45) is 4.99 Å². The summed E-state index contributed by atoms with van der Waals surface area (Å²) in [6, 6.07) is 6.11. The molecule has 0 unspecified atom stereocenters. The van der Waals surface area contributed by atoms with Crippen molar-refractivity contribution in [2.75, 3.05) is 20.2 Å². The van der Waals surface area contributed by atoms with E-state index < -0.39 is 5.60 Å². The van der Waals surface area contributed by atoms with E-state index in [2.05, 4.69) is 21.7 Å². The van der Waals surface area contributed by atoms with E-state index in [4.69, 9.17) is 4.74 Å². The van der Waals surface area contributed by atoms with Crippen LogP contribution in [0.3, 0.4) is 0 Å². The number of aliphatic imine (C=N–C) groups is 1. The van der Waals surface area contributed by atoms with Crippen LogP contribution in [-0.2, 0) is 6.54 Å². The van der Waals surface area contributed by atoms with Crippen molar-refractivity contribution < 1.29 is 9.84 Å². The van der Waals surface area contributed by atoms with Crippen molar-refractivity contribution in [1.82, 2.24) is 10.6 Å². The van der Waals surface area contributed by atoms with Crippen molar-refractivity contribution in [3.05, 3.63) is 29.3 Å². The van der Waals surface area contributed by atoms with Gasteiger partial charge in [-0.1, -0.05) is 26.0 Å². The molecule has 130 valence electrons. The molecule has 0 aromatic heterocycles. The van der Waals surface area contributed by atoms with Gasteiger partial charge in [-0.05, 0) is 38.3 Å². The summed E-state index contributed by atoms with van der Waals surface area (Å²) in [6.45, 7) is 9.83. The van der Waals surface area contributed by atoms with Gasteiger partial charge in [0.1, 0.15) is 5.75 Å². The van der Waals surface area contributed by atoms with E-state index in [1.54, 1.807) is 7.11 Å². The van der Waals surface area contributed by atoms with E-state index in [0.717, 1.165) is 23.4 Å². The third kappa shape index (κ3) is 6.10. The maximum Gasteiger partial charge on any atom is 0.191 e. The Balaban J connectivity index is 2.79. The van der Waals surface area contributed by atoms with Crippen LogP contribution in [0.15, 0.2) is 23.2 Å².